The lowest BCUT2D eigenvalue weighted by molar-refractivity contribution is -0.151. The summed E-state index contributed by atoms with van der Waals surface area (Å²) in [5.74, 6) is 2.41. The Morgan fingerprint density at radius 1 is 1.22 bits per heavy atom. The van der Waals surface area contributed by atoms with Crippen LogP contribution in [0.5, 0.6) is 0 Å². The van der Waals surface area contributed by atoms with Gasteiger partial charge in [-0.2, -0.15) is 11.8 Å². The monoisotopic (exact) mass is 268 g/mol. The van der Waals surface area contributed by atoms with E-state index in [0.717, 1.165) is 44.3 Å². The number of rotatable bonds is 1. The van der Waals surface area contributed by atoms with E-state index in [1.54, 1.807) is 0 Å². The van der Waals surface area contributed by atoms with Crippen LogP contribution in [0.25, 0.3) is 0 Å². The molecule has 0 aromatic heterocycles. The molecule has 4 nitrogen and oxygen atoms in total. The molecule has 2 heterocycles. The van der Waals surface area contributed by atoms with Crippen LogP contribution in [0.4, 0.5) is 0 Å². The second kappa shape index (κ2) is 4.76. The second-order valence-corrected chi connectivity index (χ2v) is 6.79. The molecule has 1 unspecified atom stereocenters. The first-order valence-electron chi connectivity index (χ1n) is 6.91. The van der Waals surface area contributed by atoms with Crippen molar-refractivity contribution in [1.29, 1.82) is 0 Å². The van der Waals surface area contributed by atoms with Crippen molar-refractivity contribution in [3.8, 4) is 0 Å². The molecule has 100 valence electrons. The Labute approximate surface area is 112 Å². The summed E-state index contributed by atoms with van der Waals surface area (Å²) in [7, 11) is 0. The lowest BCUT2D eigenvalue weighted by Gasteiger charge is -2.44. The summed E-state index contributed by atoms with van der Waals surface area (Å²) < 4.78 is 0. The second-order valence-electron chi connectivity index (χ2n) is 5.64. The highest BCUT2D eigenvalue weighted by Crippen LogP contribution is 2.35. The van der Waals surface area contributed by atoms with Crippen LogP contribution in [0.3, 0.4) is 0 Å². The Morgan fingerprint density at radius 3 is 2.67 bits per heavy atom. The van der Waals surface area contributed by atoms with Crippen molar-refractivity contribution in [2.24, 2.45) is 0 Å². The third-order valence-electron chi connectivity index (χ3n) is 4.40. The normalized spacial score (nSPS) is 31.8. The van der Waals surface area contributed by atoms with E-state index in [4.69, 9.17) is 0 Å². The van der Waals surface area contributed by atoms with Crippen molar-refractivity contribution in [2.45, 2.75) is 50.1 Å². The van der Waals surface area contributed by atoms with E-state index in [-0.39, 0.29) is 24.4 Å². The molecule has 1 aliphatic carbocycles. The quantitative estimate of drug-likeness (QED) is 0.776. The minimum Gasteiger partial charge on any atom is -0.340 e. The van der Waals surface area contributed by atoms with Crippen LogP contribution in [0.15, 0.2) is 0 Å². The molecule has 1 saturated carbocycles. The van der Waals surface area contributed by atoms with Gasteiger partial charge in [-0.25, -0.2) is 0 Å². The zero-order valence-corrected chi connectivity index (χ0v) is 11.4. The van der Waals surface area contributed by atoms with Gasteiger partial charge in [-0.15, -0.1) is 0 Å². The van der Waals surface area contributed by atoms with Crippen molar-refractivity contribution in [3.63, 3.8) is 0 Å². The van der Waals surface area contributed by atoms with E-state index in [2.05, 4.69) is 5.32 Å². The predicted molar refractivity (Wildman–Crippen MR) is 71.4 cm³/mol. The molecule has 3 rings (SSSR count). The Bertz CT molecular complexity index is 360. The average molecular weight is 268 g/mol. The van der Waals surface area contributed by atoms with Gasteiger partial charge in [0.05, 0.1) is 6.54 Å². The first kappa shape index (κ1) is 12.3. The summed E-state index contributed by atoms with van der Waals surface area (Å²) in [5.41, 5.74) is -0.544. The molecule has 5 heteroatoms. The molecule has 18 heavy (non-hydrogen) atoms. The van der Waals surface area contributed by atoms with Gasteiger partial charge in [-0.1, -0.05) is 12.8 Å². The SMILES string of the molecule is O=C1CN(C2CCCSC2)C(=O)C2(CCCC2)N1. The van der Waals surface area contributed by atoms with Crippen LogP contribution in [0.2, 0.25) is 0 Å². The van der Waals surface area contributed by atoms with Gasteiger partial charge in [0.1, 0.15) is 5.54 Å². The summed E-state index contributed by atoms with van der Waals surface area (Å²) in [6.45, 7) is 0.270. The standard InChI is InChI=1S/C13H20N2O2S/c16-11-8-15(10-4-3-7-18-9-10)12(17)13(14-11)5-1-2-6-13/h10H,1-9H2,(H,14,16). The van der Waals surface area contributed by atoms with Gasteiger partial charge in [-0.05, 0) is 31.4 Å². The number of carbonyl (C=O) groups excluding carboxylic acids is 2. The van der Waals surface area contributed by atoms with Gasteiger partial charge in [0, 0.05) is 11.8 Å². The van der Waals surface area contributed by atoms with Crippen LogP contribution >= 0.6 is 11.8 Å². The maximum absolute atomic E-state index is 12.7. The van der Waals surface area contributed by atoms with Gasteiger partial charge >= 0.3 is 0 Å². The Hall–Kier alpha value is -0.710. The molecular weight excluding hydrogens is 248 g/mol. The minimum absolute atomic E-state index is 0.0343. The molecule has 0 aromatic carbocycles. The van der Waals surface area contributed by atoms with Crippen LogP contribution in [-0.4, -0.2) is 46.3 Å². The molecule has 2 aliphatic heterocycles. The fourth-order valence-electron chi connectivity index (χ4n) is 3.44. The lowest BCUT2D eigenvalue weighted by atomic mass is 9.91. The van der Waals surface area contributed by atoms with Crippen LogP contribution in [0.1, 0.15) is 38.5 Å². The summed E-state index contributed by atoms with van der Waals surface area (Å²) in [6.07, 6.45) is 5.98. The van der Waals surface area contributed by atoms with E-state index in [9.17, 15) is 9.59 Å². The highest BCUT2D eigenvalue weighted by molar-refractivity contribution is 7.99. The summed E-state index contributed by atoms with van der Waals surface area (Å²) in [4.78, 5) is 26.5. The predicted octanol–water partition coefficient (Wildman–Crippen LogP) is 1.15. The number of amides is 2. The van der Waals surface area contributed by atoms with Crippen molar-refractivity contribution in [1.82, 2.24) is 10.2 Å². The highest BCUT2D eigenvalue weighted by Gasteiger charge is 2.49. The fraction of sp³-hybridized carbons (Fsp3) is 0.846. The first-order chi connectivity index (χ1) is 8.71. The van der Waals surface area contributed by atoms with Crippen LogP contribution in [0, 0.1) is 0 Å². The van der Waals surface area contributed by atoms with Crippen molar-refractivity contribution < 1.29 is 9.59 Å². The average Bonchev–Trinajstić information content (AvgIpc) is 2.84. The number of nitrogens with one attached hydrogen (secondary N) is 1. The molecule has 0 bridgehead atoms. The molecule has 0 aromatic rings. The van der Waals surface area contributed by atoms with E-state index in [0.29, 0.717) is 0 Å². The van der Waals surface area contributed by atoms with E-state index < -0.39 is 5.54 Å². The lowest BCUT2D eigenvalue weighted by Crippen LogP contribution is -2.67. The fourth-order valence-corrected chi connectivity index (χ4v) is 4.60. The molecule has 1 N–H and O–H groups in total. The maximum Gasteiger partial charge on any atom is 0.249 e. The number of carbonyl (C=O) groups is 2. The first-order valence-corrected chi connectivity index (χ1v) is 8.07. The molecule has 2 amide bonds. The third-order valence-corrected chi connectivity index (χ3v) is 5.59. The maximum atomic E-state index is 12.7. The number of piperazine rings is 1. The number of thioether (sulfide) groups is 1. The molecular formula is C13H20N2O2S. The molecule has 0 radical (unpaired) electrons. The van der Waals surface area contributed by atoms with Crippen LogP contribution < -0.4 is 5.32 Å². The molecule has 3 aliphatic rings. The van der Waals surface area contributed by atoms with Gasteiger partial charge in [0.15, 0.2) is 0 Å². The van der Waals surface area contributed by atoms with E-state index in [1.165, 1.54) is 5.75 Å². The van der Waals surface area contributed by atoms with Crippen molar-refractivity contribution >= 4 is 23.6 Å². The zero-order valence-electron chi connectivity index (χ0n) is 10.6. The number of nitrogens with zero attached hydrogens (tertiary/aromatic N) is 1. The van der Waals surface area contributed by atoms with E-state index in [1.807, 2.05) is 16.7 Å². The minimum atomic E-state index is -0.544. The zero-order chi connectivity index (χ0) is 12.6. The van der Waals surface area contributed by atoms with Crippen molar-refractivity contribution in [2.75, 3.05) is 18.1 Å². The third kappa shape index (κ3) is 2.02. The molecule has 1 spiro atoms. The summed E-state index contributed by atoms with van der Waals surface area (Å²) >= 11 is 1.91. The van der Waals surface area contributed by atoms with E-state index >= 15 is 0 Å². The van der Waals surface area contributed by atoms with Gasteiger partial charge in [-0.3, -0.25) is 9.59 Å². The van der Waals surface area contributed by atoms with Crippen LogP contribution in [-0.2, 0) is 9.59 Å². The van der Waals surface area contributed by atoms with Gasteiger partial charge in [0.25, 0.3) is 0 Å². The smallest absolute Gasteiger partial charge is 0.249 e. The molecule has 2 saturated heterocycles. The van der Waals surface area contributed by atoms with Gasteiger partial charge < -0.3 is 10.2 Å². The summed E-state index contributed by atoms with van der Waals surface area (Å²) in [5, 5.41) is 2.97. The topological polar surface area (TPSA) is 49.4 Å². The number of hydrogen-bond acceptors (Lipinski definition) is 3. The largest absolute Gasteiger partial charge is 0.340 e. The van der Waals surface area contributed by atoms with Gasteiger partial charge in [0.2, 0.25) is 11.8 Å². The van der Waals surface area contributed by atoms with Crippen molar-refractivity contribution in [3.05, 3.63) is 0 Å². The number of hydrogen-bond donors (Lipinski definition) is 1. The highest BCUT2D eigenvalue weighted by atomic mass is 32.2. The summed E-state index contributed by atoms with van der Waals surface area (Å²) in [6, 6.07) is 0.278. The Balaban J connectivity index is 1.80. The Kier molecular flexibility index (Phi) is 3.26. The molecule has 3 fully saturated rings. The molecule has 1 atom stereocenters. The Morgan fingerprint density at radius 2 is 2.00 bits per heavy atom.